The van der Waals surface area contributed by atoms with E-state index in [1.165, 1.54) is 12.1 Å². The molecule has 0 spiro atoms. The van der Waals surface area contributed by atoms with Crippen LogP contribution in [0.2, 0.25) is 5.02 Å². The predicted molar refractivity (Wildman–Crippen MR) is 113 cm³/mol. The highest BCUT2D eigenvalue weighted by atomic mass is 35.5. The normalized spacial score (nSPS) is 14.9. The molecule has 0 aliphatic heterocycles. The van der Waals surface area contributed by atoms with Crippen LogP contribution in [0.5, 0.6) is 0 Å². The van der Waals surface area contributed by atoms with Gasteiger partial charge in [-0.25, -0.2) is 9.61 Å². The summed E-state index contributed by atoms with van der Waals surface area (Å²) in [7, 11) is 0. The smallest absolute Gasteiger partial charge is 0.351 e. The van der Waals surface area contributed by atoms with Crippen LogP contribution in [0.4, 0.5) is 13.2 Å². The lowest BCUT2D eigenvalue weighted by Crippen LogP contribution is -2.34. The van der Waals surface area contributed by atoms with Crippen molar-refractivity contribution in [3.8, 4) is 11.1 Å². The molecule has 0 saturated heterocycles. The number of fused-ring (bicyclic) bond motifs is 1. The van der Waals surface area contributed by atoms with Gasteiger partial charge in [0.1, 0.15) is 0 Å². The van der Waals surface area contributed by atoms with E-state index in [0.717, 1.165) is 17.7 Å². The first kappa shape index (κ1) is 21.3. The lowest BCUT2D eigenvalue weighted by atomic mass is 9.99. The number of carbonyl (C=O) groups is 1. The maximum Gasteiger partial charge on any atom is 0.417 e. The fraction of sp³-hybridized carbons (Fsp3) is 0.227. The Labute approximate surface area is 189 Å². The Balaban J connectivity index is 1.35. The van der Waals surface area contributed by atoms with Crippen LogP contribution in [0.3, 0.4) is 0 Å². The van der Waals surface area contributed by atoms with E-state index in [1.807, 2.05) is 0 Å². The molecule has 1 fully saturated rings. The zero-order valence-corrected chi connectivity index (χ0v) is 17.6. The molecule has 168 valence electrons. The van der Waals surface area contributed by atoms with Crippen LogP contribution in [-0.2, 0) is 11.6 Å². The number of nitrogens with one attached hydrogen (secondary N) is 1. The van der Waals surface area contributed by atoms with Gasteiger partial charge in [0, 0.05) is 35.5 Å². The molecular weight excluding hydrogens is 459 g/mol. The number of pyridine rings is 2. The second-order valence-electron chi connectivity index (χ2n) is 7.89. The quantitative estimate of drug-likeness (QED) is 0.447. The molecule has 0 unspecified atom stereocenters. The van der Waals surface area contributed by atoms with Crippen LogP contribution in [0.15, 0.2) is 53.4 Å². The number of halogens is 4. The third-order valence-corrected chi connectivity index (χ3v) is 6.00. The Morgan fingerprint density at radius 1 is 1.09 bits per heavy atom. The summed E-state index contributed by atoms with van der Waals surface area (Å²) in [6.07, 6.45) is 0.0335. The molecule has 1 amide bonds. The van der Waals surface area contributed by atoms with Gasteiger partial charge in [-0.2, -0.15) is 13.2 Å². The SMILES string of the molecule is O=C(NCC1(c2ncc(-c3cnc4nonc4c3)cc2Cl)CC1)c1ccccc1C(F)(F)F. The Morgan fingerprint density at radius 3 is 2.55 bits per heavy atom. The molecule has 0 atom stereocenters. The molecule has 4 aromatic rings. The molecule has 1 aliphatic rings. The second-order valence-corrected chi connectivity index (χ2v) is 8.30. The molecule has 11 heteroatoms. The topological polar surface area (TPSA) is 93.8 Å². The fourth-order valence-corrected chi connectivity index (χ4v) is 4.12. The predicted octanol–water partition coefficient (Wildman–Crippen LogP) is 4.81. The lowest BCUT2D eigenvalue weighted by Gasteiger charge is -2.19. The van der Waals surface area contributed by atoms with Crippen LogP contribution in [0.25, 0.3) is 22.3 Å². The third-order valence-electron chi connectivity index (χ3n) is 5.71. The molecular formula is C22H15ClF3N5O2. The first-order valence-corrected chi connectivity index (χ1v) is 10.3. The second kappa shape index (κ2) is 7.80. The van der Waals surface area contributed by atoms with E-state index in [1.54, 1.807) is 24.5 Å². The van der Waals surface area contributed by atoms with Gasteiger partial charge < -0.3 is 5.32 Å². The van der Waals surface area contributed by atoms with Gasteiger partial charge in [0.25, 0.3) is 5.91 Å². The van der Waals surface area contributed by atoms with Crippen molar-refractivity contribution in [2.45, 2.75) is 24.4 Å². The van der Waals surface area contributed by atoms with Crippen molar-refractivity contribution in [3.05, 3.63) is 70.6 Å². The molecule has 1 aliphatic carbocycles. The van der Waals surface area contributed by atoms with E-state index in [0.29, 0.717) is 40.3 Å². The van der Waals surface area contributed by atoms with Crippen molar-refractivity contribution in [3.63, 3.8) is 0 Å². The van der Waals surface area contributed by atoms with Gasteiger partial charge >= 0.3 is 6.18 Å². The Morgan fingerprint density at radius 2 is 1.82 bits per heavy atom. The fourth-order valence-electron chi connectivity index (χ4n) is 3.75. The summed E-state index contributed by atoms with van der Waals surface area (Å²) in [4.78, 5) is 21.2. The van der Waals surface area contributed by atoms with Gasteiger partial charge in [-0.15, -0.1) is 0 Å². The van der Waals surface area contributed by atoms with Crippen LogP contribution < -0.4 is 5.32 Å². The van der Waals surface area contributed by atoms with Crippen molar-refractivity contribution >= 4 is 28.7 Å². The summed E-state index contributed by atoms with van der Waals surface area (Å²) < 4.78 is 44.4. The molecule has 3 heterocycles. The number of hydrogen-bond acceptors (Lipinski definition) is 6. The van der Waals surface area contributed by atoms with Gasteiger partial charge in [-0.3, -0.25) is 9.78 Å². The monoisotopic (exact) mass is 473 g/mol. The Hall–Kier alpha value is -3.53. The molecule has 1 aromatic carbocycles. The van der Waals surface area contributed by atoms with Gasteiger partial charge in [0.2, 0.25) is 5.65 Å². The summed E-state index contributed by atoms with van der Waals surface area (Å²) in [5, 5.41) is 10.5. The number of alkyl halides is 3. The maximum absolute atomic E-state index is 13.2. The largest absolute Gasteiger partial charge is 0.417 e. The van der Waals surface area contributed by atoms with E-state index in [9.17, 15) is 18.0 Å². The van der Waals surface area contributed by atoms with E-state index in [2.05, 4.69) is 30.2 Å². The van der Waals surface area contributed by atoms with Gasteiger partial charge in [-0.05, 0) is 47.4 Å². The molecule has 1 N–H and O–H groups in total. The first-order valence-electron chi connectivity index (χ1n) is 9.96. The Bertz CT molecular complexity index is 1370. The van der Waals surface area contributed by atoms with Crippen molar-refractivity contribution in [1.29, 1.82) is 0 Å². The molecule has 3 aromatic heterocycles. The van der Waals surface area contributed by atoms with Gasteiger partial charge in [-0.1, -0.05) is 23.7 Å². The number of rotatable bonds is 5. The van der Waals surface area contributed by atoms with Crippen LogP contribution in [0, 0.1) is 0 Å². The van der Waals surface area contributed by atoms with Crippen LogP contribution in [-0.4, -0.2) is 32.7 Å². The van der Waals surface area contributed by atoms with E-state index < -0.39 is 28.6 Å². The minimum Gasteiger partial charge on any atom is -0.351 e. The average molecular weight is 474 g/mol. The highest BCUT2D eigenvalue weighted by Gasteiger charge is 2.47. The third kappa shape index (κ3) is 4.02. The highest BCUT2D eigenvalue weighted by molar-refractivity contribution is 6.31. The number of nitrogens with zero attached hydrogens (tertiary/aromatic N) is 4. The average Bonchev–Trinajstić information content (AvgIpc) is 3.43. The summed E-state index contributed by atoms with van der Waals surface area (Å²) in [5.74, 6) is -0.789. The summed E-state index contributed by atoms with van der Waals surface area (Å²) in [5.41, 5.74) is 0.996. The minimum atomic E-state index is -4.62. The minimum absolute atomic E-state index is 0.127. The summed E-state index contributed by atoms with van der Waals surface area (Å²) in [6.45, 7) is 0.127. The van der Waals surface area contributed by atoms with Crippen molar-refractivity contribution in [1.82, 2.24) is 25.6 Å². The maximum atomic E-state index is 13.2. The molecule has 7 nitrogen and oxygen atoms in total. The molecule has 0 bridgehead atoms. The zero-order valence-electron chi connectivity index (χ0n) is 16.9. The van der Waals surface area contributed by atoms with Crippen molar-refractivity contribution in [2.24, 2.45) is 0 Å². The molecule has 33 heavy (non-hydrogen) atoms. The van der Waals surface area contributed by atoms with E-state index in [-0.39, 0.29) is 6.54 Å². The Kier molecular flexibility index (Phi) is 5.04. The van der Waals surface area contributed by atoms with Crippen molar-refractivity contribution in [2.75, 3.05) is 6.54 Å². The summed E-state index contributed by atoms with van der Waals surface area (Å²) in [6, 6.07) is 8.18. The number of amides is 1. The lowest BCUT2D eigenvalue weighted by molar-refractivity contribution is -0.137. The number of benzene rings is 1. The van der Waals surface area contributed by atoms with Gasteiger partial charge in [0.05, 0.1) is 21.8 Å². The zero-order chi connectivity index (χ0) is 23.2. The van der Waals surface area contributed by atoms with Crippen molar-refractivity contribution < 1.29 is 22.6 Å². The van der Waals surface area contributed by atoms with Crippen LogP contribution in [0.1, 0.15) is 34.5 Å². The molecule has 1 saturated carbocycles. The van der Waals surface area contributed by atoms with Crippen LogP contribution >= 0.6 is 11.6 Å². The first-order chi connectivity index (χ1) is 15.8. The van der Waals surface area contributed by atoms with E-state index >= 15 is 0 Å². The number of carbonyl (C=O) groups excluding carboxylic acids is 1. The molecule has 5 rings (SSSR count). The summed E-state index contributed by atoms with van der Waals surface area (Å²) >= 11 is 6.53. The highest BCUT2D eigenvalue weighted by Crippen LogP contribution is 2.49. The standard InChI is InChI=1S/C22H15ClF3N5O2/c23-16-7-12(13-8-17-19(28-10-13)31-33-30-17)9-27-18(16)21(5-6-21)11-29-20(32)14-3-1-2-4-15(14)22(24,25)26/h1-4,7-10H,5-6,11H2,(H,29,32). The molecule has 0 radical (unpaired) electrons. The number of hydrogen-bond donors (Lipinski definition) is 1. The van der Waals surface area contributed by atoms with Gasteiger partial charge in [0.15, 0.2) is 5.52 Å². The van der Waals surface area contributed by atoms with E-state index in [4.69, 9.17) is 11.6 Å². The number of aromatic nitrogens is 4.